The summed E-state index contributed by atoms with van der Waals surface area (Å²) in [6, 6.07) is 9.47. The van der Waals surface area contributed by atoms with Gasteiger partial charge in [0.15, 0.2) is 6.10 Å². The van der Waals surface area contributed by atoms with E-state index < -0.39 is 22.3 Å². The van der Waals surface area contributed by atoms with Crippen LogP contribution in [0.3, 0.4) is 0 Å². The first-order valence-corrected chi connectivity index (χ1v) is 8.61. The Morgan fingerprint density at radius 2 is 2.05 bits per heavy atom. The van der Waals surface area contributed by atoms with Gasteiger partial charge in [0.2, 0.25) is 0 Å². The first-order valence-electron chi connectivity index (χ1n) is 6.80. The minimum Gasteiger partial charge on any atom is -0.373 e. The molecule has 0 bridgehead atoms. The Balaban J connectivity index is 1.83. The third-order valence-electron chi connectivity index (χ3n) is 3.80. The number of benzene rings is 1. The molecule has 2 aliphatic heterocycles. The highest BCUT2D eigenvalue weighted by atomic mass is 32.2. The first kappa shape index (κ1) is 14.5. The maximum atomic E-state index is 12.5. The molecule has 6 nitrogen and oxygen atoms in total. The molecule has 0 aromatic heterocycles. The zero-order valence-electron chi connectivity index (χ0n) is 11.6. The molecule has 0 aliphatic carbocycles. The predicted molar refractivity (Wildman–Crippen MR) is 74.9 cm³/mol. The number of rotatable bonds is 4. The summed E-state index contributed by atoms with van der Waals surface area (Å²) in [6.07, 6.45) is 0.0869. The molecule has 1 aromatic carbocycles. The molecular weight excluding hydrogens is 294 g/mol. The van der Waals surface area contributed by atoms with Crippen LogP contribution < -0.4 is 0 Å². The van der Waals surface area contributed by atoms with Crippen molar-refractivity contribution < 1.29 is 22.1 Å². The number of nitrogens with zero attached hydrogens (tertiary/aromatic N) is 1. The molecule has 21 heavy (non-hydrogen) atoms. The van der Waals surface area contributed by atoms with Crippen molar-refractivity contribution in [3.05, 3.63) is 35.9 Å². The van der Waals surface area contributed by atoms with Crippen molar-refractivity contribution in [3.8, 4) is 0 Å². The van der Waals surface area contributed by atoms with E-state index in [9.17, 15) is 13.2 Å². The minimum atomic E-state index is -3.70. The van der Waals surface area contributed by atoms with Crippen molar-refractivity contribution in [2.45, 2.75) is 31.2 Å². The normalized spacial score (nSPS) is 28.9. The number of hydrogen-bond acceptors (Lipinski definition) is 5. The fraction of sp³-hybridized carbons (Fsp3) is 0.500. The summed E-state index contributed by atoms with van der Waals surface area (Å²) in [5, 5.41) is 0. The van der Waals surface area contributed by atoms with Gasteiger partial charge in [-0.15, -0.1) is 0 Å². The van der Waals surface area contributed by atoms with Gasteiger partial charge in [-0.3, -0.25) is 8.98 Å². The smallest absolute Gasteiger partial charge is 0.265 e. The van der Waals surface area contributed by atoms with Gasteiger partial charge in [-0.2, -0.15) is 8.42 Å². The third kappa shape index (κ3) is 2.95. The Morgan fingerprint density at radius 1 is 1.33 bits per heavy atom. The fourth-order valence-electron chi connectivity index (χ4n) is 2.95. The van der Waals surface area contributed by atoms with Crippen LogP contribution in [0.1, 0.15) is 12.0 Å². The summed E-state index contributed by atoms with van der Waals surface area (Å²) in [5.74, 6) is -0.320. The van der Waals surface area contributed by atoms with Crippen molar-refractivity contribution in [2.24, 2.45) is 0 Å². The second-order valence-electron chi connectivity index (χ2n) is 5.36. The quantitative estimate of drug-likeness (QED) is 0.759. The molecule has 2 heterocycles. The molecular formula is C14H17NO5S. The Hall–Kier alpha value is -1.44. The molecule has 2 fully saturated rings. The summed E-state index contributed by atoms with van der Waals surface area (Å²) in [4.78, 5) is 14.1. The van der Waals surface area contributed by atoms with E-state index in [2.05, 4.69) is 0 Å². The van der Waals surface area contributed by atoms with E-state index in [-0.39, 0.29) is 11.9 Å². The number of hydrogen-bond donors (Lipinski definition) is 0. The monoisotopic (exact) mass is 311 g/mol. The number of likely N-dealkylation sites (tertiary alicyclic amines) is 1. The lowest BCUT2D eigenvalue weighted by molar-refractivity contribution is -0.136. The second-order valence-corrected chi connectivity index (χ2v) is 6.96. The fourth-order valence-corrected chi connectivity index (χ4v) is 3.52. The Morgan fingerprint density at radius 3 is 2.71 bits per heavy atom. The number of carbonyl (C=O) groups is 1. The second kappa shape index (κ2) is 5.40. The van der Waals surface area contributed by atoms with Crippen molar-refractivity contribution in [1.29, 1.82) is 0 Å². The summed E-state index contributed by atoms with van der Waals surface area (Å²) < 4.78 is 33.1. The van der Waals surface area contributed by atoms with Gasteiger partial charge in [0.1, 0.15) is 6.10 Å². The maximum absolute atomic E-state index is 12.5. The molecule has 3 rings (SSSR count). The standard InChI is InChI=1S/C14H17NO5S/c1-21(17,18)20-13-12-11(7-8-19-12)15(14(13)16)9-10-5-3-2-4-6-10/h2-6,11-13H,7-9H2,1H3/t11-,12+,13-/m0/s1. The van der Waals surface area contributed by atoms with E-state index in [1.807, 2.05) is 30.3 Å². The summed E-state index contributed by atoms with van der Waals surface area (Å²) in [7, 11) is -3.70. The van der Waals surface area contributed by atoms with Gasteiger partial charge >= 0.3 is 0 Å². The molecule has 1 aromatic rings. The van der Waals surface area contributed by atoms with E-state index in [0.717, 1.165) is 11.8 Å². The van der Waals surface area contributed by atoms with Crippen LogP contribution in [0, 0.1) is 0 Å². The number of ether oxygens (including phenoxy) is 1. The van der Waals surface area contributed by atoms with Crippen molar-refractivity contribution >= 4 is 16.0 Å². The van der Waals surface area contributed by atoms with Crippen molar-refractivity contribution in [1.82, 2.24) is 4.90 Å². The number of amides is 1. The van der Waals surface area contributed by atoms with E-state index >= 15 is 0 Å². The lowest BCUT2D eigenvalue weighted by atomic mass is 10.1. The highest BCUT2D eigenvalue weighted by Gasteiger charge is 2.53. The van der Waals surface area contributed by atoms with E-state index in [4.69, 9.17) is 8.92 Å². The number of fused-ring (bicyclic) bond motifs is 1. The lowest BCUT2D eigenvalue weighted by Gasteiger charge is -2.22. The zero-order chi connectivity index (χ0) is 15.0. The van der Waals surface area contributed by atoms with Crippen LogP contribution in [0.5, 0.6) is 0 Å². The van der Waals surface area contributed by atoms with Gasteiger partial charge in [-0.1, -0.05) is 30.3 Å². The van der Waals surface area contributed by atoms with Gasteiger partial charge in [0.25, 0.3) is 16.0 Å². The first-order chi connectivity index (χ1) is 9.96. The SMILES string of the molecule is CS(=O)(=O)O[C@@H]1C(=O)N(Cc2ccccc2)[C@H]2CCO[C@@H]12. The molecule has 0 radical (unpaired) electrons. The van der Waals surface area contributed by atoms with E-state index in [1.165, 1.54) is 0 Å². The van der Waals surface area contributed by atoms with Crippen LogP contribution in [0.25, 0.3) is 0 Å². The van der Waals surface area contributed by atoms with Gasteiger partial charge in [0, 0.05) is 13.2 Å². The minimum absolute atomic E-state index is 0.121. The molecule has 0 unspecified atom stereocenters. The van der Waals surface area contributed by atoms with Gasteiger partial charge in [-0.25, -0.2) is 0 Å². The molecule has 1 amide bonds. The van der Waals surface area contributed by atoms with Crippen LogP contribution in [0.2, 0.25) is 0 Å². The summed E-state index contributed by atoms with van der Waals surface area (Å²) >= 11 is 0. The third-order valence-corrected chi connectivity index (χ3v) is 4.36. The van der Waals surface area contributed by atoms with Crippen molar-refractivity contribution in [2.75, 3.05) is 12.9 Å². The average molecular weight is 311 g/mol. The number of carbonyl (C=O) groups excluding carboxylic acids is 1. The molecule has 0 N–H and O–H groups in total. The molecule has 0 spiro atoms. The molecule has 0 saturated carbocycles. The largest absolute Gasteiger partial charge is 0.373 e. The molecule has 7 heteroatoms. The molecule has 2 saturated heterocycles. The molecule has 114 valence electrons. The maximum Gasteiger partial charge on any atom is 0.265 e. The van der Waals surface area contributed by atoms with Crippen LogP contribution >= 0.6 is 0 Å². The Labute approximate surface area is 123 Å². The van der Waals surface area contributed by atoms with Crippen LogP contribution in [0.15, 0.2) is 30.3 Å². The Kier molecular flexibility index (Phi) is 3.73. The molecule has 2 aliphatic rings. The summed E-state index contributed by atoms with van der Waals surface area (Å²) in [5.41, 5.74) is 0.997. The predicted octanol–water partition coefficient (Wildman–Crippen LogP) is 0.531. The highest BCUT2D eigenvalue weighted by molar-refractivity contribution is 7.86. The van der Waals surface area contributed by atoms with E-state index in [0.29, 0.717) is 19.6 Å². The molecule has 3 atom stereocenters. The topological polar surface area (TPSA) is 72.9 Å². The van der Waals surface area contributed by atoms with Crippen LogP contribution in [-0.4, -0.2) is 50.3 Å². The summed E-state index contributed by atoms with van der Waals surface area (Å²) in [6.45, 7) is 0.950. The van der Waals surface area contributed by atoms with E-state index in [1.54, 1.807) is 4.90 Å². The Bertz CT molecular complexity index is 630. The average Bonchev–Trinajstić information content (AvgIpc) is 2.97. The van der Waals surface area contributed by atoms with Gasteiger partial charge < -0.3 is 9.64 Å². The van der Waals surface area contributed by atoms with Crippen LogP contribution in [-0.2, 0) is 30.4 Å². The van der Waals surface area contributed by atoms with Gasteiger partial charge in [0.05, 0.1) is 12.3 Å². The lowest BCUT2D eigenvalue weighted by Crippen LogP contribution is -2.35. The van der Waals surface area contributed by atoms with Crippen LogP contribution in [0.4, 0.5) is 0 Å². The van der Waals surface area contributed by atoms with Gasteiger partial charge in [-0.05, 0) is 12.0 Å². The van der Waals surface area contributed by atoms with Crippen molar-refractivity contribution in [3.63, 3.8) is 0 Å². The highest BCUT2D eigenvalue weighted by Crippen LogP contribution is 2.33. The zero-order valence-corrected chi connectivity index (χ0v) is 12.5.